The van der Waals surface area contributed by atoms with E-state index in [1.54, 1.807) is 26.0 Å². The van der Waals surface area contributed by atoms with Crippen LogP contribution in [0.1, 0.15) is 0 Å². The second-order valence-electron chi connectivity index (χ2n) is 4.66. The highest BCUT2D eigenvalue weighted by molar-refractivity contribution is 7.99. The van der Waals surface area contributed by atoms with Crippen molar-refractivity contribution < 1.29 is 9.47 Å². The molecule has 21 heavy (non-hydrogen) atoms. The topological polar surface area (TPSA) is 46.1 Å². The first-order chi connectivity index (χ1) is 10.2. The molecule has 6 heteroatoms. The summed E-state index contributed by atoms with van der Waals surface area (Å²) in [5, 5.41) is 3.36. The highest BCUT2D eigenvalue weighted by atomic mass is 32.2. The fourth-order valence-corrected chi connectivity index (χ4v) is 2.63. The number of hydrogen-bond acceptors (Lipinski definition) is 6. The summed E-state index contributed by atoms with van der Waals surface area (Å²) in [6, 6.07) is 5.73. The lowest BCUT2D eigenvalue weighted by atomic mass is 10.2. The molecule has 0 radical (unpaired) electrons. The highest BCUT2D eigenvalue weighted by Crippen LogP contribution is 2.26. The van der Waals surface area contributed by atoms with Crippen molar-refractivity contribution in [3.05, 3.63) is 30.0 Å². The summed E-state index contributed by atoms with van der Waals surface area (Å²) in [6.45, 7) is 0.700. The van der Waals surface area contributed by atoms with Gasteiger partial charge in [0.05, 0.1) is 14.2 Å². The van der Waals surface area contributed by atoms with Crippen molar-refractivity contribution in [3.8, 4) is 11.5 Å². The molecule has 0 aromatic heterocycles. The molecule has 1 unspecified atom stereocenters. The first-order valence-electron chi connectivity index (χ1n) is 6.62. The van der Waals surface area contributed by atoms with Crippen LogP contribution in [0.3, 0.4) is 0 Å². The van der Waals surface area contributed by atoms with Gasteiger partial charge < -0.3 is 19.7 Å². The van der Waals surface area contributed by atoms with E-state index >= 15 is 0 Å². The van der Waals surface area contributed by atoms with Gasteiger partial charge in [0.1, 0.15) is 11.5 Å². The maximum Gasteiger partial charge on any atom is 0.168 e. The number of nitrogens with one attached hydrogen (secondary N) is 1. The van der Waals surface area contributed by atoms with Gasteiger partial charge >= 0.3 is 0 Å². The number of ether oxygens (including phenoxy) is 2. The number of methoxy groups -OCH3 is 2. The number of anilines is 1. The minimum Gasteiger partial charge on any atom is -0.497 e. The molecule has 1 aromatic carbocycles. The number of thioether (sulfide) groups is 1. The summed E-state index contributed by atoms with van der Waals surface area (Å²) in [4.78, 5) is 6.60. The zero-order chi connectivity index (χ0) is 15.2. The Labute approximate surface area is 130 Å². The quantitative estimate of drug-likeness (QED) is 0.875. The molecule has 1 heterocycles. The van der Waals surface area contributed by atoms with Gasteiger partial charge in [-0.3, -0.25) is 4.99 Å². The Morgan fingerprint density at radius 2 is 1.90 bits per heavy atom. The van der Waals surface area contributed by atoms with Crippen LogP contribution in [0.15, 0.2) is 35.0 Å². The van der Waals surface area contributed by atoms with Crippen LogP contribution in [0.25, 0.3) is 0 Å². The molecule has 0 bridgehead atoms. The van der Waals surface area contributed by atoms with Crippen molar-refractivity contribution in [3.63, 3.8) is 0 Å². The Morgan fingerprint density at radius 1 is 1.24 bits per heavy atom. The van der Waals surface area contributed by atoms with Crippen molar-refractivity contribution in [2.75, 3.05) is 39.4 Å². The summed E-state index contributed by atoms with van der Waals surface area (Å²) >= 11 is 1.71. The summed E-state index contributed by atoms with van der Waals surface area (Å²) in [6.07, 6.45) is 6.09. The van der Waals surface area contributed by atoms with Gasteiger partial charge in [0.15, 0.2) is 5.50 Å². The molecule has 1 N–H and O–H groups in total. The first-order valence-corrected chi connectivity index (χ1v) is 7.90. The van der Waals surface area contributed by atoms with Gasteiger partial charge in [-0.25, -0.2) is 0 Å². The van der Waals surface area contributed by atoms with Gasteiger partial charge in [0, 0.05) is 55.5 Å². The fourth-order valence-electron chi connectivity index (χ4n) is 2.06. The van der Waals surface area contributed by atoms with E-state index in [2.05, 4.69) is 27.7 Å². The molecule has 1 atom stereocenters. The van der Waals surface area contributed by atoms with Crippen molar-refractivity contribution >= 4 is 23.7 Å². The van der Waals surface area contributed by atoms with E-state index in [4.69, 9.17) is 9.47 Å². The van der Waals surface area contributed by atoms with Crippen molar-refractivity contribution in [1.82, 2.24) is 4.90 Å². The number of aliphatic imine (C=N–C) groups is 1. The lowest BCUT2D eigenvalue weighted by Gasteiger charge is -2.26. The second kappa shape index (κ2) is 7.26. The predicted octanol–water partition coefficient (Wildman–Crippen LogP) is 2.66. The molecule has 0 amide bonds. The van der Waals surface area contributed by atoms with Crippen LogP contribution >= 0.6 is 11.8 Å². The van der Waals surface area contributed by atoms with E-state index in [1.807, 2.05) is 31.5 Å². The smallest absolute Gasteiger partial charge is 0.168 e. The van der Waals surface area contributed by atoms with Gasteiger partial charge in [0.25, 0.3) is 0 Å². The average Bonchev–Trinajstić information content (AvgIpc) is 2.52. The van der Waals surface area contributed by atoms with E-state index in [1.165, 1.54) is 0 Å². The van der Waals surface area contributed by atoms with Crippen LogP contribution in [-0.4, -0.2) is 50.7 Å². The first kappa shape index (κ1) is 15.6. The van der Waals surface area contributed by atoms with Crippen molar-refractivity contribution in [1.29, 1.82) is 0 Å². The Kier molecular flexibility index (Phi) is 5.38. The predicted molar refractivity (Wildman–Crippen MR) is 89.7 cm³/mol. The monoisotopic (exact) mass is 307 g/mol. The molecule has 0 saturated carbocycles. The largest absolute Gasteiger partial charge is 0.497 e. The molecule has 0 spiro atoms. The van der Waals surface area contributed by atoms with Crippen molar-refractivity contribution in [2.24, 2.45) is 4.99 Å². The number of nitrogens with zero attached hydrogens (tertiary/aromatic N) is 2. The Morgan fingerprint density at radius 3 is 2.43 bits per heavy atom. The molecule has 0 aliphatic carbocycles. The minimum absolute atomic E-state index is 0.172. The normalized spacial score (nSPS) is 17.4. The molecule has 1 aromatic rings. The standard InChI is InChI=1S/C15H21N3O2S/c1-18-10-11(9-17-15(18)21-4)8-16-12-5-13(19-2)7-14(6-12)20-3/h5-7,9-10,15-16H,8H2,1-4H3. The van der Waals surface area contributed by atoms with Crippen LogP contribution in [0, 0.1) is 0 Å². The fraction of sp³-hybridized carbons (Fsp3) is 0.400. The summed E-state index contributed by atoms with van der Waals surface area (Å²) in [5.41, 5.74) is 2.25. The SMILES string of the molecule is COc1cc(NCC2=CN(C)C(SC)N=C2)cc(OC)c1. The average molecular weight is 307 g/mol. The number of hydrogen-bond donors (Lipinski definition) is 1. The molecule has 2 rings (SSSR count). The molecule has 1 aliphatic rings. The van der Waals surface area contributed by atoms with Crippen LogP contribution in [-0.2, 0) is 0 Å². The van der Waals surface area contributed by atoms with Crippen LogP contribution in [0.5, 0.6) is 11.5 Å². The van der Waals surface area contributed by atoms with E-state index in [0.29, 0.717) is 6.54 Å². The molecular formula is C15H21N3O2S. The lowest BCUT2D eigenvalue weighted by molar-refractivity contribution is 0.394. The third-order valence-electron chi connectivity index (χ3n) is 3.14. The molecular weight excluding hydrogens is 286 g/mol. The van der Waals surface area contributed by atoms with Crippen LogP contribution < -0.4 is 14.8 Å². The second-order valence-corrected chi connectivity index (χ2v) is 5.56. The summed E-state index contributed by atoms with van der Waals surface area (Å²) < 4.78 is 10.5. The van der Waals surface area contributed by atoms with E-state index in [9.17, 15) is 0 Å². The van der Waals surface area contributed by atoms with Gasteiger partial charge in [-0.15, -0.1) is 11.8 Å². The maximum atomic E-state index is 5.26. The molecule has 5 nitrogen and oxygen atoms in total. The molecule has 0 fully saturated rings. The molecule has 1 aliphatic heterocycles. The van der Waals surface area contributed by atoms with Gasteiger partial charge in [-0.2, -0.15) is 0 Å². The molecule has 114 valence electrons. The maximum absolute atomic E-state index is 5.26. The van der Waals surface area contributed by atoms with E-state index in [-0.39, 0.29) is 5.50 Å². The number of rotatable bonds is 6. The van der Waals surface area contributed by atoms with Gasteiger partial charge in [-0.1, -0.05) is 0 Å². The third-order valence-corrected chi connectivity index (χ3v) is 4.02. The Hall–Kier alpha value is -1.82. The van der Waals surface area contributed by atoms with E-state index < -0.39 is 0 Å². The minimum atomic E-state index is 0.172. The van der Waals surface area contributed by atoms with Crippen molar-refractivity contribution in [2.45, 2.75) is 5.50 Å². The highest BCUT2D eigenvalue weighted by Gasteiger charge is 2.13. The zero-order valence-electron chi connectivity index (χ0n) is 12.8. The van der Waals surface area contributed by atoms with E-state index in [0.717, 1.165) is 22.8 Å². The van der Waals surface area contributed by atoms with Gasteiger partial charge in [0.2, 0.25) is 0 Å². The zero-order valence-corrected chi connectivity index (χ0v) is 13.6. The lowest BCUT2D eigenvalue weighted by Crippen LogP contribution is -2.27. The Bertz CT molecular complexity index is 523. The van der Waals surface area contributed by atoms with Crippen LogP contribution in [0.2, 0.25) is 0 Å². The summed E-state index contributed by atoms with van der Waals surface area (Å²) in [5.74, 6) is 1.53. The van der Waals surface area contributed by atoms with Crippen LogP contribution in [0.4, 0.5) is 5.69 Å². The van der Waals surface area contributed by atoms with Gasteiger partial charge in [-0.05, 0) is 6.26 Å². The summed E-state index contributed by atoms with van der Waals surface area (Å²) in [7, 11) is 5.32. The Balaban J connectivity index is 2.02. The number of benzene rings is 1. The molecule has 0 saturated heterocycles. The third kappa shape index (κ3) is 4.07.